The molecule has 3 aromatic rings. The fraction of sp³-hybridized carbons (Fsp3) is 0.375. The normalized spacial score (nSPS) is 18.0. The minimum atomic E-state index is -0.349. The van der Waals surface area contributed by atoms with Crippen LogP contribution in [-0.4, -0.2) is 51.0 Å². The molecule has 0 N–H and O–H groups in total. The summed E-state index contributed by atoms with van der Waals surface area (Å²) in [7, 11) is 3.76. The molecule has 1 atom stereocenters. The van der Waals surface area contributed by atoms with Gasteiger partial charge in [-0.2, -0.15) is 0 Å². The Morgan fingerprint density at radius 1 is 0.919 bits per heavy atom. The van der Waals surface area contributed by atoms with Crippen LogP contribution in [0.4, 0.5) is 0 Å². The summed E-state index contributed by atoms with van der Waals surface area (Å²) < 4.78 is 18.4. The van der Waals surface area contributed by atoms with Crippen LogP contribution in [0.5, 0.6) is 5.75 Å². The van der Waals surface area contributed by atoms with Crippen molar-refractivity contribution in [2.75, 3.05) is 27.2 Å². The van der Waals surface area contributed by atoms with Crippen molar-refractivity contribution < 1.29 is 14.0 Å². The summed E-state index contributed by atoms with van der Waals surface area (Å²) in [5.41, 5.74) is 6.98. The lowest BCUT2D eigenvalue weighted by atomic mass is 9.74. The number of benzene rings is 3. The smallest absolute Gasteiger partial charge is 0.492 e. The van der Waals surface area contributed by atoms with Crippen LogP contribution in [0.2, 0.25) is 0 Å². The van der Waals surface area contributed by atoms with E-state index in [4.69, 9.17) is 14.0 Å². The van der Waals surface area contributed by atoms with Gasteiger partial charge in [-0.3, -0.25) is 0 Å². The lowest BCUT2D eigenvalue weighted by molar-refractivity contribution is -0.0229. The molecular weight excluding hydrogens is 457 g/mol. The first-order valence-corrected chi connectivity index (χ1v) is 13.4. The van der Waals surface area contributed by atoms with Crippen LogP contribution in [0.15, 0.2) is 78.9 Å². The highest BCUT2D eigenvalue weighted by molar-refractivity contribution is 6.61. The van der Waals surface area contributed by atoms with Crippen molar-refractivity contribution in [3.8, 4) is 5.75 Å². The molecule has 1 fully saturated rings. The second kappa shape index (κ2) is 12.1. The summed E-state index contributed by atoms with van der Waals surface area (Å²) in [6, 6.07) is 27.8. The van der Waals surface area contributed by atoms with Crippen LogP contribution in [0.3, 0.4) is 0 Å². The zero-order valence-electron chi connectivity index (χ0n) is 23.2. The van der Waals surface area contributed by atoms with Gasteiger partial charge >= 0.3 is 7.12 Å². The van der Waals surface area contributed by atoms with Crippen LogP contribution in [0, 0.1) is 0 Å². The number of likely N-dealkylation sites (N-methyl/N-ethyl adjacent to an activating group) is 1. The average molecular weight is 497 g/mol. The molecule has 3 aromatic carbocycles. The third-order valence-corrected chi connectivity index (χ3v) is 6.76. The predicted octanol–water partition coefficient (Wildman–Crippen LogP) is 6.30. The van der Waals surface area contributed by atoms with Gasteiger partial charge in [0, 0.05) is 12.6 Å². The summed E-state index contributed by atoms with van der Waals surface area (Å²) in [5.74, 6) is 0.890. The van der Waals surface area contributed by atoms with E-state index in [1.807, 2.05) is 0 Å². The molecule has 0 amide bonds. The molecule has 4 rings (SSSR count). The van der Waals surface area contributed by atoms with Crippen LogP contribution in [0.1, 0.15) is 57.2 Å². The first-order valence-electron chi connectivity index (χ1n) is 13.4. The molecule has 0 spiro atoms. The zero-order chi connectivity index (χ0) is 26.4. The fourth-order valence-corrected chi connectivity index (χ4v) is 5.01. The molecule has 0 saturated carbocycles. The van der Waals surface area contributed by atoms with Crippen LogP contribution in [0.25, 0.3) is 11.1 Å². The van der Waals surface area contributed by atoms with Crippen molar-refractivity contribution in [1.29, 1.82) is 0 Å². The molecule has 5 heteroatoms. The second-order valence-electron chi connectivity index (χ2n) is 10.7. The van der Waals surface area contributed by atoms with Crippen molar-refractivity contribution in [2.24, 2.45) is 0 Å². The molecule has 1 heterocycles. The molecule has 0 aliphatic carbocycles. The van der Waals surface area contributed by atoms with Gasteiger partial charge in [0.1, 0.15) is 12.4 Å². The zero-order valence-corrected chi connectivity index (χ0v) is 23.2. The Bertz CT molecular complexity index is 1170. The van der Waals surface area contributed by atoms with E-state index in [0.29, 0.717) is 6.61 Å². The van der Waals surface area contributed by atoms with E-state index in [-0.39, 0.29) is 18.8 Å². The third kappa shape index (κ3) is 7.13. The highest BCUT2D eigenvalue weighted by atomic mass is 16.6. The molecule has 1 aliphatic rings. The van der Waals surface area contributed by atoms with Crippen molar-refractivity contribution in [3.05, 3.63) is 95.6 Å². The largest absolute Gasteiger partial charge is 0.494 e. The van der Waals surface area contributed by atoms with Gasteiger partial charge in [-0.05, 0) is 93.1 Å². The van der Waals surface area contributed by atoms with Gasteiger partial charge < -0.3 is 18.9 Å². The van der Waals surface area contributed by atoms with Crippen molar-refractivity contribution in [1.82, 2.24) is 4.90 Å². The quantitative estimate of drug-likeness (QED) is 0.257. The second-order valence-corrected chi connectivity index (χ2v) is 10.7. The van der Waals surface area contributed by atoms with Gasteiger partial charge in [-0.1, -0.05) is 73.7 Å². The number of rotatable bonds is 9. The minimum absolute atomic E-state index is 0.159. The highest BCUT2D eigenvalue weighted by Crippen LogP contribution is 2.35. The lowest BCUT2D eigenvalue weighted by Crippen LogP contribution is -2.51. The summed E-state index contributed by atoms with van der Waals surface area (Å²) in [4.78, 5) is 2.12. The van der Waals surface area contributed by atoms with Gasteiger partial charge in [0.05, 0.1) is 5.60 Å². The van der Waals surface area contributed by atoms with E-state index in [1.54, 1.807) is 0 Å². The van der Waals surface area contributed by atoms with Crippen molar-refractivity contribution >= 4 is 23.7 Å². The molecule has 37 heavy (non-hydrogen) atoms. The fourth-order valence-electron chi connectivity index (χ4n) is 5.01. The number of nitrogens with zero attached hydrogens (tertiary/aromatic N) is 1. The summed E-state index contributed by atoms with van der Waals surface area (Å²) in [5, 5.41) is 0. The number of allylic oxidation sites excluding steroid dienone is 1. The predicted molar refractivity (Wildman–Crippen MR) is 155 cm³/mol. The number of ether oxygens (including phenoxy) is 1. The Labute approximate surface area is 223 Å². The SMILES string of the molecule is CCC(=C(c1ccc(OCCN(C)C)cc1)c1ccc(B2OC(C)CC(C)(C)O2)cc1)c1ccccc1. The van der Waals surface area contributed by atoms with Crippen LogP contribution >= 0.6 is 0 Å². The van der Waals surface area contributed by atoms with E-state index < -0.39 is 0 Å². The highest BCUT2D eigenvalue weighted by Gasteiger charge is 2.38. The van der Waals surface area contributed by atoms with E-state index in [2.05, 4.69) is 126 Å². The van der Waals surface area contributed by atoms with Gasteiger partial charge in [-0.25, -0.2) is 0 Å². The first-order chi connectivity index (χ1) is 17.8. The maximum Gasteiger partial charge on any atom is 0.494 e. The monoisotopic (exact) mass is 497 g/mol. The van der Waals surface area contributed by atoms with E-state index >= 15 is 0 Å². The Balaban J connectivity index is 1.69. The van der Waals surface area contributed by atoms with Gasteiger partial charge in [-0.15, -0.1) is 0 Å². The molecule has 4 nitrogen and oxygen atoms in total. The van der Waals surface area contributed by atoms with Gasteiger partial charge in [0.25, 0.3) is 0 Å². The van der Waals surface area contributed by atoms with Crippen molar-refractivity contribution in [2.45, 2.75) is 52.2 Å². The van der Waals surface area contributed by atoms with E-state index in [0.717, 1.165) is 30.6 Å². The average Bonchev–Trinajstić information content (AvgIpc) is 2.87. The molecule has 1 unspecified atom stereocenters. The van der Waals surface area contributed by atoms with Crippen molar-refractivity contribution in [3.63, 3.8) is 0 Å². The van der Waals surface area contributed by atoms with Gasteiger partial charge in [0.15, 0.2) is 0 Å². The Morgan fingerprint density at radius 2 is 1.54 bits per heavy atom. The Kier molecular flexibility index (Phi) is 8.91. The van der Waals surface area contributed by atoms with Crippen LogP contribution < -0.4 is 10.2 Å². The molecular formula is C32H40BNO3. The Morgan fingerprint density at radius 3 is 2.11 bits per heavy atom. The summed E-state index contributed by atoms with van der Waals surface area (Å²) >= 11 is 0. The minimum Gasteiger partial charge on any atom is -0.492 e. The lowest BCUT2D eigenvalue weighted by Gasteiger charge is -2.38. The molecule has 0 bridgehead atoms. The Hall–Kier alpha value is -2.86. The molecule has 1 aliphatic heterocycles. The first kappa shape index (κ1) is 27.2. The standard InChI is InChI=1S/C32H40BNO3/c1-7-30(25-11-9-8-10-12-25)31(27-15-19-29(20-16-27)35-22-21-34(5)6)26-13-17-28(18-14-26)33-36-24(2)23-32(3,4)37-33/h8-20,24H,7,21-23H2,1-6H3. The molecule has 194 valence electrons. The molecule has 0 aromatic heterocycles. The van der Waals surface area contributed by atoms with Gasteiger partial charge in [0.2, 0.25) is 0 Å². The molecule has 0 radical (unpaired) electrons. The summed E-state index contributed by atoms with van der Waals surface area (Å²) in [6.45, 7) is 10.2. The van der Waals surface area contributed by atoms with E-state index in [1.165, 1.54) is 27.8 Å². The molecule has 1 saturated heterocycles. The number of hydrogen-bond donors (Lipinski definition) is 0. The summed E-state index contributed by atoms with van der Waals surface area (Å²) in [6.07, 6.45) is 1.97. The van der Waals surface area contributed by atoms with Crippen LogP contribution in [-0.2, 0) is 9.31 Å². The third-order valence-electron chi connectivity index (χ3n) is 6.76. The topological polar surface area (TPSA) is 30.9 Å². The number of hydrogen-bond acceptors (Lipinski definition) is 4. The maximum absolute atomic E-state index is 6.26. The van der Waals surface area contributed by atoms with E-state index in [9.17, 15) is 0 Å². The maximum atomic E-state index is 6.26.